The second-order valence-corrected chi connectivity index (χ2v) is 13.7. The molecule has 0 saturated carbocycles. The Kier molecular flexibility index (Phi) is 8.94. The first-order valence-electron chi connectivity index (χ1n) is 15.8. The van der Waals surface area contributed by atoms with Gasteiger partial charge in [0.15, 0.2) is 0 Å². The van der Waals surface area contributed by atoms with Gasteiger partial charge in [-0.2, -0.15) is 9.97 Å². The van der Waals surface area contributed by atoms with E-state index in [-0.39, 0.29) is 18.7 Å². The summed E-state index contributed by atoms with van der Waals surface area (Å²) in [7, 11) is 2.13. The van der Waals surface area contributed by atoms with Gasteiger partial charge in [-0.25, -0.2) is 11.4 Å². The van der Waals surface area contributed by atoms with Gasteiger partial charge in [-0.1, -0.05) is 35.9 Å². The summed E-state index contributed by atoms with van der Waals surface area (Å²) in [4.78, 5) is 35.3. The molecule has 6 rings (SSSR count). The first-order valence-corrected chi connectivity index (χ1v) is 16.2. The van der Waals surface area contributed by atoms with Crippen LogP contribution in [-0.2, 0) is 17.7 Å². The van der Waals surface area contributed by atoms with Crippen LogP contribution in [0.2, 0.25) is 5.02 Å². The lowest BCUT2D eigenvalue weighted by atomic mass is 10.0. The first-order chi connectivity index (χ1) is 21.6. The highest BCUT2D eigenvalue weighted by Gasteiger charge is 2.37. The molecule has 3 aliphatic heterocycles. The summed E-state index contributed by atoms with van der Waals surface area (Å²) in [5.41, 5.74) is 2.50. The lowest BCUT2D eigenvalue weighted by Crippen LogP contribution is -2.57. The molecule has 2 atom stereocenters. The third kappa shape index (κ3) is 6.75. The number of benzene rings is 2. The van der Waals surface area contributed by atoms with Gasteiger partial charge in [-0.15, -0.1) is 0 Å². The zero-order valence-corrected chi connectivity index (χ0v) is 27.4. The summed E-state index contributed by atoms with van der Waals surface area (Å²) in [5.74, 6) is 0.837. The molecular weight excluding hydrogens is 590 g/mol. The van der Waals surface area contributed by atoms with Crippen molar-refractivity contribution in [3.63, 3.8) is 0 Å². The lowest BCUT2D eigenvalue weighted by molar-refractivity contribution is 0.0155. The Morgan fingerprint density at radius 2 is 1.87 bits per heavy atom. The van der Waals surface area contributed by atoms with Crippen molar-refractivity contribution >= 4 is 40.0 Å². The number of likely N-dealkylation sites (tertiary alicyclic amines) is 1. The SMILES string of the molecule is [C-]#[N+]CC1CN(c2nc(OC[C@@H]3CCCN3C)nc3c2CCN(c2cccc4cccc(Cl)c24)C3)CCN1C(=O)OC(C)(C)C. The number of carbonyl (C=O) groups is 1. The molecule has 0 bridgehead atoms. The molecule has 2 fully saturated rings. The van der Waals surface area contributed by atoms with Crippen LogP contribution in [-0.4, -0.2) is 96.5 Å². The van der Waals surface area contributed by atoms with Crippen LogP contribution in [0.25, 0.3) is 15.6 Å². The number of rotatable bonds is 6. The van der Waals surface area contributed by atoms with E-state index in [0.29, 0.717) is 44.8 Å². The molecule has 1 unspecified atom stereocenters. The Morgan fingerprint density at radius 1 is 1.07 bits per heavy atom. The van der Waals surface area contributed by atoms with Gasteiger partial charge < -0.3 is 29.0 Å². The maximum Gasteiger partial charge on any atom is 0.410 e. The van der Waals surface area contributed by atoms with E-state index in [2.05, 4.69) is 50.9 Å². The summed E-state index contributed by atoms with van der Waals surface area (Å²) >= 11 is 6.72. The number of nitrogens with zero attached hydrogens (tertiary/aromatic N) is 7. The zero-order valence-electron chi connectivity index (χ0n) is 26.6. The van der Waals surface area contributed by atoms with Crippen LogP contribution in [0.3, 0.4) is 0 Å². The molecule has 45 heavy (non-hydrogen) atoms. The number of hydrogen-bond acceptors (Lipinski definition) is 8. The highest BCUT2D eigenvalue weighted by Crippen LogP contribution is 2.37. The van der Waals surface area contributed by atoms with E-state index in [4.69, 9.17) is 37.6 Å². The van der Waals surface area contributed by atoms with Crippen molar-refractivity contribution in [2.45, 2.75) is 64.3 Å². The third-order valence-electron chi connectivity index (χ3n) is 8.98. The van der Waals surface area contributed by atoms with Crippen molar-refractivity contribution in [1.82, 2.24) is 19.8 Å². The average Bonchev–Trinajstić information content (AvgIpc) is 3.42. The number of anilines is 2. The van der Waals surface area contributed by atoms with Gasteiger partial charge in [0.25, 0.3) is 0 Å². The van der Waals surface area contributed by atoms with E-state index in [0.717, 1.165) is 70.9 Å². The Labute approximate surface area is 270 Å². The minimum atomic E-state index is -0.609. The maximum absolute atomic E-state index is 13.1. The van der Waals surface area contributed by atoms with Gasteiger partial charge in [-0.05, 0) is 71.1 Å². The minimum Gasteiger partial charge on any atom is -0.462 e. The number of amides is 1. The molecule has 238 valence electrons. The van der Waals surface area contributed by atoms with Gasteiger partial charge >= 0.3 is 12.1 Å². The van der Waals surface area contributed by atoms with Crippen molar-refractivity contribution in [1.29, 1.82) is 0 Å². The zero-order chi connectivity index (χ0) is 31.7. The number of carbonyl (C=O) groups excluding carboxylic acids is 1. The molecule has 0 spiro atoms. The molecule has 11 heteroatoms. The Bertz CT molecular complexity index is 1600. The summed E-state index contributed by atoms with van der Waals surface area (Å²) < 4.78 is 12.0. The predicted molar refractivity (Wildman–Crippen MR) is 177 cm³/mol. The van der Waals surface area contributed by atoms with Crippen LogP contribution in [0.4, 0.5) is 16.3 Å². The molecule has 3 aromatic rings. The summed E-state index contributed by atoms with van der Waals surface area (Å²) in [6, 6.07) is 12.7. The Balaban J connectivity index is 1.32. The van der Waals surface area contributed by atoms with Crippen LogP contribution in [0.1, 0.15) is 44.9 Å². The normalized spacial score (nSPS) is 20.7. The van der Waals surface area contributed by atoms with E-state index in [1.165, 1.54) is 0 Å². The number of likely N-dealkylation sites (N-methyl/N-ethyl adjacent to an activating group) is 1. The van der Waals surface area contributed by atoms with Gasteiger partial charge in [-0.3, -0.25) is 4.90 Å². The van der Waals surface area contributed by atoms with E-state index in [1.807, 2.05) is 32.9 Å². The van der Waals surface area contributed by atoms with Gasteiger partial charge in [0.05, 0.1) is 17.3 Å². The summed E-state index contributed by atoms with van der Waals surface area (Å²) in [6.07, 6.45) is 2.62. The monoisotopic (exact) mass is 631 g/mol. The lowest BCUT2D eigenvalue weighted by Gasteiger charge is -2.41. The number of fused-ring (bicyclic) bond motifs is 2. The van der Waals surface area contributed by atoms with Crippen molar-refractivity contribution < 1.29 is 14.3 Å². The summed E-state index contributed by atoms with van der Waals surface area (Å²) in [5, 5.41) is 2.88. The van der Waals surface area contributed by atoms with Crippen molar-refractivity contribution in [3.8, 4) is 6.01 Å². The van der Waals surface area contributed by atoms with Crippen molar-refractivity contribution in [2.75, 3.05) is 62.7 Å². The minimum absolute atomic E-state index is 0.190. The molecule has 1 aromatic heterocycles. The molecule has 0 radical (unpaired) electrons. The highest BCUT2D eigenvalue weighted by atomic mass is 35.5. The van der Waals surface area contributed by atoms with Crippen LogP contribution >= 0.6 is 11.6 Å². The average molecular weight is 632 g/mol. The molecular formula is C34H42ClN7O3. The molecule has 2 aromatic carbocycles. The third-order valence-corrected chi connectivity index (χ3v) is 9.30. The highest BCUT2D eigenvalue weighted by molar-refractivity contribution is 6.36. The van der Waals surface area contributed by atoms with E-state index >= 15 is 0 Å². The second-order valence-electron chi connectivity index (χ2n) is 13.2. The van der Waals surface area contributed by atoms with E-state index in [9.17, 15) is 4.79 Å². The largest absolute Gasteiger partial charge is 0.462 e. The number of aromatic nitrogens is 2. The molecule has 4 heterocycles. The molecule has 2 saturated heterocycles. The molecule has 10 nitrogen and oxygen atoms in total. The fourth-order valence-electron chi connectivity index (χ4n) is 6.69. The smallest absolute Gasteiger partial charge is 0.410 e. The molecule has 1 amide bonds. The molecule has 0 aliphatic carbocycles. The number of piperazine rings is 1. The fourth-order valence-corrected chi connectivity index (χ4v) is 6.97. The van der Waals surface area contributed by atoms with E-state index < -0.39 is 5.60 Å². The van der Waals surface area contributed by atoms with Crippen LogP contribution in [0.15, 0.2) is 36.4 Å². The second kappa shape index (κ2) is 12.9. The quantitative estimate of drug-likeness (QED) is 0.323. The van der Waals surface area contributed by atoms with Gasteiger partial charge in [0.1, 0.15) is 24.1 Å². The maximum atomic E-state index is 13.1. The molecule has 0 N–H and O–H groups in total. The van der Waals surface area contributed by atoms with Crippen LogP contribution in [0, 0.1) is 6.57 Å². The number of halogens is 1. The number of ether oxygens (including phenoxy) is 2. The van der Waals surface area contributed by atoms with Gasteiger partial charge in [0, 0.05) is 48.9 Å². The fraction of sp³-hybridized carbons (Fsp3) is 0.529. The predicted octanol–water partition coefficient (Wildman–Crippen LogP) is 5.66. The topological polar surface area (TPSA) is 78.6 Å². The van der Waals surface area contributed by atoms with Crippen LogP contribution in [0.5, 0.6) is 6.01 Å². The van der Waals surface area contributed by atoms with Crippen molar-refractivity contribution in [3.05, 3.63) is 64.1 Å². The number of hydrogen-bond donors (Lipinski definition) is 0. The molecule has 3 aliphatic rings. The Hall–Kier alpha value is -3.81. The Morgan fingerprint density at radius 3 is 2.60 bits per heavy atom. The van der Waals surface area contributed by atoms with Gasteiger partial charge in [0.2, 0.25) is 6.54 Å². The first kappa shape index (κ1) is 31.2. The standard InChI is InChI=1S/C34H42ClN7O3/c1-34(2,3)45-33(43)42-18-17-41(20-25(42)19-36-4)31-26-14-16-40(29-13-7-10-23-9-6-12-27(35)30(23)29)21-28(26)37-32(38-31)44-22-24-11-8-15-39(24)5/h6-7,9-10,12-13,24-25H,8,11,14-22H2,1-3,5H3/t24-,25?/m0/s1. The summed E-state index contributed by atoms with van der Waals surface area (Å²) in [6.45, 7) is 17.8. The van der Waals surface area contributed by atoms with Crippen LogP contribution < -0.4 is 14.5 Å². The van der Waals surface area contributed by atoms with E-state index in [1.54, 1.807) is 4.90 Å². The van der Waals surface area contributed by atoms with Crippen molar-refractivity contribution in [2.24, 2.45) is 0 Å².